The molecule has 0 aliphatic rings. The first-order chi connectivity index (χ1) is 7.77. The van der Waals surface area contributed by atoms with Gasteiger partial charge in [0, 0.05) is 15.5 Å². The molecule has 0 aliphatic heterocycles. The number of phenolic OH excluding ortho intramolecular Hbond substituents is 1. The molecule has 0 radical (unpaired) electrons. The molecule has 1 aromatic carbocycles. The standard InChI is InChI=1S/C12H13NOS2/c1-9-11(16-8-13-9)6-7-15-12-5-3-2-4-10(12)14/h2-5,8,14H,6-7H2,1H3. The molecule has 1 aromatic heterocycles. The minimum absolute atomic E-state index is 0.369. The molecule has 84 valence electrons. The van der Waals surface area contributed by atoms with Gasteiger partial charge in [0.2, 0.25) is 0 Å². The highest BCUT2D eigenvalue weighted by Gasteiger charge is 2.03. The van der Waals surface area contributed by atoms with E-state index in [1.165, 1.54) is 4.88 Å². The number of phenols is 1. The van der Waals surface area contributed by atoms with Gasteiger partial charge in [-0.05, 0) is 25.5 Å². The van der Waals surface area contributed by atoms with Crippen LogP contribution in [-0.2, 0) is 6.42 Å². The van der Waals surface area contributed by atoms with Crippen LogP contribution in [0.3, 0.4) is 0 Å². The van der Waals surface area contributed by atoms with Crippen molar-refractivity contribution in [1.82, 2.24) is 4.98 Å². The van der Waals surface area contributed by atoms with Crippen molar-refractivity contribution in [2.75, 3.05) is 5.75 Å². The van der Waals surface area contributed by atoms with Crippen molar-refractivity contribution >= 4 is 23.1 Å². The number of aromatic nitrogens is 1. The van der Waals surface area contributed by atoms with E-state index in [1.807, 2.05) is 30.6 Å². The van der Waals surface area contributed by atoms with Crippen LogP contribution in [0.1, 0.15) is 10.6 Å². The van der Waals surface area contributed by atoms with Crippen LogP contribution in [0.15, 0.2) is 34.7 Å². The van der Waals surface area contributed by atoms with Crippen LogP contribution in [-0.4, -0.2) is 15.8 Å². The largest absolute Gasteiger partial charge is 0.507 e. The average molecular weight is 251 g/mol. The summed E-state index contributed by atoms with van der Waals surface area (Å²) in [5.74, 6) is 1.34. The molecule has 0 aliphatic carbocycles. The fraction of sp³-hybridized carbons (Fsp3) is 0.250. The first-order valence-electron chi connectivity index (χ1n) is 5.07. The zero-order valence-corrected chi connectivity index (χ0v) is 10.6. The summed E-state index contributed by atoms with van der Waals surface area (Å²) in [7, 11) is 0. The first kappa shape index (κ1) is 11.5. The van der Waals surface area contributed by atoms with Crippen molar-refractivity contribution in [3.05, 3.63) is 40.3 Å². The third-order valence-electron chi connectivity index (χ3n) is 2.30. The van der Waals surface area contributed by atoms with Gasteiger partial charge in [0.05, 0.1) is 11.2 Å². The van der Waals surface area contributed by atoms with Gasteiger partial charge >= 0.3 is 0 Å². The van der Waals surface area contributed by atoms with E-state index in [-0.39, 0.29) is 0 Å². The maximum absolute atomic E-state index is 9.59. The molecule has 4 heteroatoms. The Balaban J connectivity index is 1.89. The minimum atomic E-state index is 0.369. The van der Waals surface area contributed by atoms with E-state index in [0.717, 1.165) is 22.8 Å². The molecule has 2 nitrogen and oxygen atoms in total. The Labute approximate surface area is 103 Å². The second-order valence-electron chi connectivity index (χ2n) is 3.43. The molecule has 16 heavy (non-hydrogen) atoms. The Hall–Kier alpha value is -1.00. The van der Waals surface area contributed by atoms with Crippen molar-refractivity contribution in [1.29, 1.82) is 0 Å². The molecule has 1 heterocycles. The normalized spacial score (nSPS) is 10.6. The Kier molecular flexibility index (Phi) is 3.85. The number of rotatable bonds is 4. The third-order valence-corrected chi connectivity index (χ3v) is 4.36. The summed E-state index contributed by atoms with van der Waals surface area (Å²) in [6, 6.07) is 7.45. The predicted octanol–water partition coefficient (Wildman–Crippen LogP) is 3.49. The van der Waals surface area contributed by atoms with E-state index in [1.54, 1.807) is 29.2 Å². The van der Waals surface area contributed by atoms with Gasteiger partial charge in [0.1, 0.15) is 5.75 Å². The number of hydrogen-bond donors (Lipinski definition) is 1. The molecule has 0 bridgehead atoms. The van der Waals surface area contributed by atoms with Crippen LogP contribution in [0, 0.1) is 6.92 Å². The lowest BCUT2D eigenvalue weighted by Crippen LogP contribution is -1.88. The Morgan fingerprint density at radius 3 is 2.88 bits per heavy atom. The highest BCUT2D eigenvalue weighted by molar-refractivity contribution is 7.99. The van der Waals surface area contributed by atoms with E-state index >= 15 is 0 Å². The molecule has 0 spiro atoms. The Morgan fingerprint density at radius 1 is 1.38 bits per heavy atom. The minimum Gasteiger partial charge on any atom is -0.507 e. The predicted molar refractivity (Wildman–Crippen MR) is 69.4 cm³/mol. The number of thiazole rings is 1. The lowest BCUT2D eigenvalue weighted by Gasteiger charge is -2.03. The monoisotopic (exact) mass is 251 g/mol. The van der Waals surface area contributed by atoms with E-state index in [0.29, 0.717) is 5.75 Å². The second kappa shape index (κ2) is 5.37. The molecule has 2 aromatic rings. The van der Waals surface area contributed by atoms with E-state index in [9.17, 15) is 5.11 Å². The summed E-state index contributed by atoms with van der Waals surface area (Å²) in [6.45, 7) is 2.04. The summed E-state index contributed by atoms with van der Waals surface area (Å²) < 4.78 is 0. The lowest BCUT2D eigenvalue weighted by atomic mass is 10.3. The highest BCUT2D eigenvalue weighted by Crippen LogP contribution is 2.28. The number of nitrogens with zero attached hydrogens (tertiary/aromatic N) is 1. The van der Waals surface area contributed by atoms with E-state index in [2.05, 4.69) is 4.98 Å². The van der Waals surface area contributed by atoms with Crippen LogP contribution in [0.5, 0.6) is 5.75 Å². The van der Waals surface area contributed by atoms with Gasteiger partial charge < -0.3 is 5.11 Å². The smallest absolute Gasteiger partial charge is 0.129 e. The number of hydrogen-bond acceptors (Lipinski definition) is 4. The first-order valence-corrected chi connectivity index (χ1v) is 6.93. The SMILES string of the molecule is Cc1ncsc1CCSc1ccccc1O. The number of benzene rings is 1. The summed E-state index contributed by atoms with van der Waals surface area (Å²) in [6.07, 6.45) is 1.01. The number of aryl methyl sites for hydroxylation is 2. The summed E-state index contributed by atoms with van der Waals surface area (Å²) in [5, 5.41) is 9.59. The molecule has 1 N–H and O–H groups in total. The molecular weight excluding hydrogens is 238 g/mol. The average Bonchev–Trinajstić information content (AvgIpc) is 2.67. The van der Waals surface area contributed by atoms with Crippen molar-refractivity contribution in [2.45, 2.75) is 18.2 Å². The third kappa shape index (κ3) is 2.77. The van der Waals surface area contributed by atoms with Crippen LogP contribution in [0.2, 0.25) is 0 Å². The molecule has 0 atom stereocenters. The molecule has 0 saturated carbocycles. The van der Waals surface area contributed by atoms with E-state index in [4.69, 9.17) is 0 Å². The van der Waals surface area contributed by atoms with Crippen molar-refractivity contribution < 1.29 is 5.11 Å². The van der Waals surface area contributed by atoms with Crippen LogP contribution >= 0.6 is 23.1 Å². The Morgan fingerprint density at radius 2 is 2.19 bits per heavy atom. The van der Waals surface area contributed by atoms with Crippen LogP contribution < -0.4 is 0 Å². The van der Waals surface area contributed by atoms with Gasteiger partial charge in [-0.25, -0.2) is 4.98 Å². The van der Waals surface area contributed by atoms with Gasteiger partial charge in [-0.1, -0.05) is 12.1 Å². The molecule has 0 unspecified atom stereocenters. The van der Waals surface area contributed by atoms with Gasteiger partial charge in [0.15, 0.2) is 0 Å². The molecular formula is C12H13NOS2. The zero-order valence-electron chi connectivity index (χ0n) is 9.01. The van der Waals surface area contributed by atoms with Gasteiger partial charge in [-0.2, -0.15) is 0 Å². The van der Waals surface area contributed by atoms with Gasteiger partial charge in [-0.15, -0.1) is 23.1 Å². The van der Waals surface area contributed by atoms with Crippen molar-refractivity contribution in [2.24, 2.45) is 0 Å². The number of aromatic hydroxyl groups is 1. The second-order valence-corrected chi connectivity index (χ2v) is 5.50. The molecule has 2 rings (SSSR count). The summed E-state index contributed by atoms with van der Waals surface area (Å²) >= 11 is 3.38. The van der Waals surface area contributed by atoms with Gasteiger partial charge in [-0.3, -0.25) is 0 Å². The van der Waals surface area contributed by atoms with Crippen LogP contribution in [0.4, 0.5) is 0 Å². The van der Waals surface area contributed by atoms with Crippen LogP contribution in [0.25, 0.3) is 0 Å². The molecule has 0 fully saturated rings. The zero-order chi connectivity index (χ0) is 11.4. The Bertz CT molecular complexity index is 468. The highest BCUT2D eigenvalue weighted by atomic mass is 32.2. The summed E-state index contributed by atoms with van der Waals surface area (Å²) in [4.78, 5) is 6.50. The number of para-hydroxylation sites is 1. The number of thioether (sulfide) groups is 1. The molecule has 0 saturated heterocycles. The fourth-order valence-corrected chi connectivity index (χ4v) is 3.23. The lowest BCUT2D eigenvalue weighted by molar-refractivity contribution is 0.462. The van der Waals surface area contributed by atoms with Crippen molar-refractivity contribution in [3.8, 4) is 5.75 Å². The maximum Gasteiger partial charge on any atom is 0.129 e. The van der Waals surface area contributed by atoms with Gasteiger partial charge in [0.25, 0.3) is 0 Å². The van der Waals surface area contributed by atoms with Crippen molar-refractivity contribution in [3.63, 3.8) is 0 Å². The van der Waals surface area contributed by atoms with E-state index < -0.39 is 0 Å². The maximum atomic E-state index is 9.59. The molecule has 0 amide bonds. The topological polar surface area (TPSA) is 33.1 Å². The fourth-order valence-electron chi connectivity index (χ4n) is 1.40. The quantitative estimate of drug-likeness (QED) is 0.844. The summed E-state index contributed by atoms with van der Waals surface area (Å²) in [5.41, 5.74) is 3.01.